The molecule has 33 heavy (non-hydrogen) atoms. The summed E-state index contributed by atoms with van der Waals surface area (Å²) in [6.07, 6.45) is 0. The van der Waals surface area contributed by atoms with E-state index in [0.29, 0.717) is 11.4 Å². The van der Waals surface area contributed by atoms with Gasteiger partial charge in [0.05, 0.1) is 50.0 Å². The second-order valence-electron chi connectivity index (χ2n) is 9.11. The lowest BCUT2D eigenvalue weighted by Crippen LogP contribution is -2.68. The minimum absolute atomic E-state index is 0.0415. The Morgan fingerprint density at radius 3 is 2.42 bits per heavy atom. The molecule has 0 saturated carbocycles. The molecule has 3 saturated heterocycles. The molecule has 3 aliphatic rings. The number of piperazine rings is 3. The number of ether oxygens (including phenoxy) is 1. The predicted molar refractivity (Wildman–Crippen MR) is 128 cm³/mol. The Morgan fingerprint density at radius 2 is 1.79 bits per heavy atom. The van der Waals surface area contributed by atoms with E-state index in [9.17, 15) is 10.1 Å². The molecule has 0 amide bonds. The van der Waals surface area contributed by atoms with Gasteiger partial charge in [-0.05, 0) is 37.1 Å². The largest absolute Gasteiger partial charge is 0.494 e. The zero-order chi connectivity index (χ0) is 23.4. The fourth-order valence-electron chi connectivity index (χ4n) is 4.73. The van der Waals surface area contributed by atoms with Gasteiger partial charge in [-0.2, -0.15) is 5.11 Å². The first-order valence-electron chi connectivity index (χ1n) is 11.5. The molecule has 5 rings (SSSR count). The van der Waals surface area contributed by atoms with Crippen LogP contribution in [0.1, 0.15) is 24.1 Å². The number of benzene rings is 2. The van der Waals surface area contributed by atoms with Crippen LogP contribution in [0, 0.1) is 17.0 Å². The molecule has 1 N–H and O–H groups in total. The highest BCUT2D eigenvalue weighted by molar-refractivity contribution is 5.57. The van der Waals surface area contributed by atoms with E-state index in [0.717, 1.165) is 17.8 Å². The SMILES string of the molecule is COc1cc([N+](=O)[O-])ccc1N=Nc1ccc(C(C)NCC[N+]23CCN(CC2)CC3)cc1C. The smallest absolute Gasteiger partial charge is 0.273 e. The molecule has 2 bridgehead atoms. The van der Waals surface area contributed by atoms with Gasteiger partial charge in [-0.3, -0.25) is 15.0 Å². The topological polar surface area (TPSA) is 92.4 Å². The van der Waals surface area contributed by atoms with Crippen LogP contribution in [-0.2, 0) is 0 Å². The number of methoxy groups -OCH3 is 1. The summed E-state index contributed by atoms with van der Waals surface area (Å²) in [6.45, 7) is 14.0. The molecule has 2 aromatic carbocycles. The molecular formula is C24H33N6O3+. The molecule has 0 aliphatic carbocycles. The summed E-state index contributed by atoms with van der Waals surface area (Å²) in [4.78, 5) is 13.1. The molecule has 3 heterocycles. The first-order valence-corrected chi connectivity index (χ1v) is 11.5. The Balaban J connectivity index is 1.37. The quantitative estimate of drug-likeness (QED) is 0.267. The van der Waals surface area contributed by atoms with E-state index in [1.54, 1.807) is 6.07 Å². The minimum Gasteiger partial charge on any atom is -0.494 e. The highest BCUT2D eigenvalue weighted by Crippen LogP contribution is 2.33. The van der Waals surface area contributed by atoms with Crippen molar-refractivity contribution in [2.45, 2.75) is 19.9 Å². The highest BCUT2D eigenvalue weighted by atomic mass is 16.6. The normalized spacial score (nSPS) is 23.1. The monoisotopic (exact) mass is 453 g/mol. The lowest BCUT2D eigenvalue weighted by Gasteiger charge is -2.50. The maximum atomic E-state index is 11.0. The van der Waals surface area contributed by atoms with Crippen molar-refractivity contribution in [2.24, 2.45) is 10.2 Å². The maximum Gasteiger partial charge on any atom is 0.273 e. The van der Waals surface area contributed by atoms with E-state index in [1.807, 2.05) is 13.0 Å². The Bertz CT molecular complexity index is 1020. The van der Waals surface area contributed by atoms with Gasteiger partial charge >= 0.3 is 0 Å². The summed E-state index contributed by atoms with van der Waals surface area (Å²) in [5.74, 6) is 0.321. The van der Waals surface area contributed by atoms with E-state index in [1.165, 1.54) is 75.1 Å². The van der Waals surface area contributed by atoms with Gasteiger partial charge in [0.15, 0.2) is 5.75 Å². The number of azo groups is 1. The van der Waals surface area contributed by atoms with Gasteiger partial charge < -0.3 is 14.5 Å². The summed E-state index contributed by atoms with van der Waals surface area (Å²) in [5.41, 5.74) is 3.42. The summed E-state index contributed by atoms with van der Waals surface area (Å²) in [5, 5.41) is 23.3. The third kappa shape index (κ3) is 5.38. The number of hydrogen-bond donors (Lipinski definition) is 1. The number of nitro groups is 1. The third-order valence-electron chi connectivity index (χ3n) is 7.07. The van der Waals surface area contributed by atoms with Crippen LogP contribution >= 0.6 is 0 Å². The number of fused-ring (bicyclic) bond motifs is 3. The Kier molecular flexibility index (Phi) is 7.02. The molecule has 9 nitrogen and oxygen atoms in total. The number of rotatable bonds is 9. The lowest BCUT2D eigenvalue weighted by molar-refractivity contribution is -0.939. The van der Waals surface area contributed by atoms with Gasteiger partial charge in [0.25, 0.3) is 5.69 Å². The first kappa shape index (κ1) is 23.3. The lowest BCUT2D eigenvalue weighted by atomic mass is 10.0. The summed E-state index contributed by atoms with van der Waals surface area (Å²) in [7, 11) is 1.46. The van der Waals surface area contributed by atoms with Crippen LogP contribution in [0.3, 0.4) is 0 Å². The summed E-state index contributed by atoms with van der Waals surface area (Å²) in [6, 6.07) is 10.7. The third-order valence-corrected chi connectivity index (χ3v) is 7.07. The van der Waals surface area contributed by atoms with Crippen molar-refractivity contribution in [1.82, 2.24) is 10.2 Å². The standard InChI is InChI=1S/C24H33N6O3/c1-18-16-20(19(2)25-8-12-30-13-9-28(10-14-30)11-15-30)4-6-22(18)26-27-23-7-5-21(29(31)32)17-24(23)33-3/h4-7,16-17,19,25H,8-15H2,1-3H3/q+1. The first-order chi connectivity index (χ1) is 15.9. The zero-order valence-electron chi connectivity index (χ0n) is 19.7. The average Bonchev–Trinajstić information content (AvgIpc) is 2.84. The number of aryl methyl sites for hydroxylation is 1. The number of nitrogens with zero attached hydrogens (tertiary/aromatic N) is 5. The molecule has 1 unspecified atom stereocenters. The summed E-state index contributed by atoms with van der Waals surface area (Å²) >= 11 is 0. The number of quaternary nitrogens is 1. The van der Waals surface area contributed by atoms with Gasteiger partial charge in [-0.1, -0.05) is 12.1 Å². The van der Waals surface area contributed by atoms with Crippen LogP contribution in [-0.4, -0.2) is 73.8 Å². The molecule has 1 atom stereocenters. The molecule has 0 radical (unpaired) electrons. The Labute approximate surface area is 194 Å². The van der Waals surface area contributed by atoms with Crippen LogP contribution in [0.15, 0.2) is 46.6 Å². The average molecular weight is 454 g/mol. The summed E-state index contributed by atoms with van der Waals surface area (Å²) < 4.78 is 6.50. The van der Waals surface area contributed by atoms with E-state index >= 15 is 0 Å². The second-order valence-corrected chi connectivity index (χ2v) is 9.11. The van der Waals surface area contributed by atoms with Crippen molar-refractivity contribution < 1.29 is 14.1 Å². The van der Waals surface area contributed by atoms with Crippen LogP contribution in [0.2, 0.25) is 0 Å². The van der Waals surface area contributed by atoms with E-state index in [4.69, 9.17) is 4.74 Å². The molecule has 0 spiro atoms. The maximum absolute atomic E-state index is 11.0. The van der Waals surface area contributed by atoms with E-state index < -0.39 is 4.92 Å². The van der Waals surface area contributed by atoms with Gasteiger partial charge in [-0.25, -0.2) is 0 Å². The molecule has 3 fully saturated rings. The molecule has 3 aliphatic heterocycles. The number of hydrogen-bond acceptors (Lipinski definition) is 7. The van der Waals surface area contributed by atoms with E-state index in [-0.39, 0.29) is 11.7 Å². The highest BCUT2D eigenvalue weighted by Gasteiger charge is 2.37. The Hall–Kier alpha value is -2.88. The van der Waals surface area contributed by atoms with Crippen molar-refractivity contribution in [1.29, 1.82) is 0 Å². The fourth-order valence-corrected chi connectivity index (χ4v) is 4.73. The van der Waals surface area contributed by atoms with Crippen LogP contribution in [0.25, 0.3) is 0 Å². The fraction of sp³-hybridized carbons (Fsp3) is 0.500. The van der Waals surface area contributed by atoms with Crippen molar-refractivity contribution in [2.75, 3.05) is 59.5 Å². The van der Waals surface area contributed by atoms with Crippen molar-refractivity contribution in [3.8, 4) is 5.75 Å². The van der Waals surface area contributed by atoms with Crippen molar-refractivity contribution in [3.05, 3.63) is 57.6 Å². The van der Waals surface area contributed by atoms with Crippen LogP contribution in [0.5, 0.6) is 5.75 Å². The molecule has 9 heteroatoms. The van der Waals surface area contributed by atoms with Gasteiger partial charge in [0.1, 0.15) is 5.69 Å². The van der Waals surface area contributed by atoms with Crippen molar-refractivity contribution >= 4 is 17.1 Å². The molecule has 176 valence electrons. The van der Waals surface area contributed by atoms with Gasteiger partial charge in [-0.15, -0.1) is 5.11 Å². The molecular weight excluding hydrogens is 420 g/mol. The van der Waals surface area contributed by atoms with E-state index in [2.05, 4.69) is 39.5 Å². The zero-order valence-corrected chi connectivity index (χ0v) is 19.7. The Morgan fingerprint density at radius 1 is 1.12 bits per heavy atom. The van der Waals surface area contributed by atoms with Crippen molar-refractivity contribution in [3.63, 3.8) is 0 Å². The van der Waals surface area contributed by atoms with Crippen LogP contribution in [0.4, 0.5) is 17.1 Å². The van der Waals surface area contributed by atoms with Gasteiger partial charge in [0.2, 0.25) is 0 Å². The molecule has 2 aromatic rings. The van der Waals surface area contributed by atoms with Gasteiger partial charge in [0, 0.05) is 38.3 Å². The number of nitrogens with one attached hydrogen (secondary N) is 1. The molecule has 0 aromatic heterocycles. The minimum atomic E-state index is -0.460. The number of non-ortho nitro benzene ring substituents is 1. The van der Waals surface area contributed by atoms with Crippen LogP contribution < -0.4 is 10.1 Å². The predicted octanol–water partition coefficient (Wildman–Crippen LogP) is 4.12. The number of nitro benzene ring substituents is 1. The second kappa shape index (κ2) is 9.94.